The number of carbonyl (C=O) groups excluding carboxylic acids is 2. The van der Waals surface area contributed by atoms with Gasteiger partial charge < -0.3 is 24.6 Å². The fourth-order valence-electron chi connectivity index (χ4n) is 3.97. The van der Waals surface area contributed by atoms with Crippen molar-refractivity contribution in [1.82, 2.24) is 15.1 Å². The second kappa shape index (κ2) is 8.70. The van der Waals surface area contributed by atoms with Crippen LogP contribution in [0, 0.1) is 0 Å². The van der Waals surface area contributed by atoms with Gasteiger partial charge in [0.05, 0.1) is 6.04 Å². The summed E-state index contributed by atoms with van der Waals surface area (Å²) in [5.41, 5.74) is 2.19. The Hall–Kier alpha value is -3.66. The Kier molecular flexibility index (Phi) is 5.59. The molecule has 3 aromatic rings. The molecule has 0 saturated carbocycles. The number of rotatable bonds is 5. The van der Waals surface area contributed by atoms with Crippen molar-refractivity contribution in [2.45, 2.75) is 18.9 Å². The maximum Gasteiger partial charge on any atom is 0.286 e. The molecule has 170 valence electrons. The van der Waals surface area contributed by atoms with Crippen LogP contribution in [0.15, 0.2) is 42.5 Å². The van der Waals surface area contributed by atoms with Gasteiger partial charge >= 0.3 is 0 Å². The van der Waals surface area contributed by atoms with Crippen molar-refractivity contribution in [2.24, 2.45) is 0 Å². The minimum atomic E-state index is -0.354. The van der Waals surface area contributed by atoms with Gasteiger partial charge in [-0.15, -0.1) is 10.2 Å². The fourth-order valence-corrected chi connectivity index (χ4v) is 4.86. The predicted molar refractivity (Wildman–Crippen MR) is 124 cm³/mol. The highest BCUT2D eigenvalue weighted by atomic mass is 32.1. The molecule has 33 heavy (non-hydrogen) atoms. The third-order valence-corrected chi connectivity index (χ3v) is 6.70. The maximum atomic E-state index is 13.2. The molecule has 1 atom stereocenters. The molecule has 1 aromatic heterocycles. The highest BCUT2D eigenvalue weighted by Crippen LogP contribution is 2.36. The van der Waals surface area contributed by atoms with Crippen LogP contribution < -0.4 is 19.7 Å². The molecule has 2 aromatic carbocycles. The van der Waals surface area contributed by atoms with Crippen molar-refractivity contribution in [3.05, 3.63) is 58.0 Å². The molecule has 1 N–H and O–H groups in total. The monoisotopic (exact) mass is 465 g/mol. The second-order valence-corrected chi connectivity index (χ2v) is 9.08. The van der Waals surface area contributed by atoms with Crippen molar-refractivity contribution in [1.29, 1.82) is 0 Å². The van der Waals surface area contributed by atoms with Crippen molar-refractivity contribution in [2.75, 3.05) is 37.6 Å². The molecule has 10 heteroatoms. The summed E-state index contributed by atoms with van der Waals surface area (Å²) in [6.45, 7) is 0.816. The lowest BCUT2D eigenvalue weighted by atomic mass is 10.1. The number of aromatic nitrogens is 2. The number of anilines is 2. The number of carbonyl (C=O) groups is 2. The lowest BCUT2D eigenvalue weighted by molar-refractivity contribution is 0.0735. The zero-order valence-electron chi connectivity index (χ0n) is 18.3. The first-order valence-corrected chi connectivity index (χ1v) is 11.4. The third kappa shape index (κ3) is 4.21. The quantitative estimate of drug-likeness (QED) is 0.615. The zero-order valence-corrected chi connectivity index (χ0v) is 19.1. The first kappa shape index (κ1) is 21.2. The largest absolute Gasteiger partial charge is 0.454 e. The van der Waals surface area contributed by atoms with Crippen LogP contribution in [0.5, 0.6) is 11.5 Å². The van der Waals surface area contributed by atoms with Crippen LogP contribution in [0.2, 0.25) is 0 Å². The first-order chi connectivity index (χ1) is 16.0. The lowest BCUT2D eigenvalue weighted by Gasteiger charge is -2.23. The number of benzene rings is 2. The number of amides is 2. The van der Waals surface area contributed by atoms with Crippen LogP contribution in [0.25, 0.3) is 0 Å². The summed E-state index contributed by atoms with van der Waals surface area (Å²) in [6, 6.07) is 12.6. The predicted octanol–water partition coefficient (Wildman–Crippen LogP) is 3.56. The third-order valence-electron chi connectivity index (χ3n) is 5.67. The minimum absolute atomic E-state index is 0.0391. The highest BCUT2D eigenvalue weighted by Gasteiger charge is 2.34. The van der Waals surface area contributed by atoms with Crippen LogP contribution in [-0.4, -0.2) is 54.3 Å². The van der Waals surface area contributed by atoms with E-state index in [1.807, 2.05) is 48.2 Å². The van der Waals surface area contributed by atoms with Crippen LogP contribution >= 0.6 is 11.3 Å². The molecule has 2 amide bonds. The van der Waals surface area contributed by atoms with Crippen LogP contribution in [0.1, 0.15) is 44.1 Å². The Bertz CT molecular complexity index is 1210. The summed E-state index contributed by atoms with van der Waals surface area (Å²) in [6.07, 6.45) is 1.67. The van der Waals surface area contributed by atoms with Crippen molar-refractivity contribution in [3.8, 4) is 11.5 Å². The molecular weight excluding hydrogens is 442 g/mol. The van der Waals surface area contributed by atoms with Gasteiger partial charge in [-0.2, -0.15) is 0 Å². The number of nitrogens with zero attached hydrogens (tertiary/aromatic N) is 4. The topological polar surface area (TPSA) is 96.9 Å². The van der Waals surface area contributed by atoms with E-state index in [1.54, 1.807) is 18.2 Å². The normalized spacial score (nSPS) is 16.7. The summed E-state index contributed by atoms with van der Waals surface area (Å²) >= 11 is 1.22. The summed E-state index contributed by atoms with van der Waals surface area (Å²) in [5, 5.41) is 12.1. The van der Waals surface area contributed by atoms with Crippen LogP contribution in [0.4, 0.5) is 11.4 Å². The van der Waals surface area contributed by atoms with E-state index in [9.17, 15) is 9.59 Å². The Labute approximate surface area is 194 Å². The molecular formula is C23H23N5O4S. The summed E-state index contributed by atoms with van der Waals surface area (Å²) in [4.78, 5) is 29.8. The van der Waals surface area contributed by atoms with E-state index in [4.69, 9.17) is 9.47 Å². The molecule has 1 fully saturated rings. The van der Waals surface area contributed by atoms with Crippen LogP contribution in [-0.2, 0) is 0 Å². The lowest BCUT2D eigenvalue weighted by Crippen LogP contribution is -2.30. The molecule has 0 spiro atoms. The van der Waals surface area contributed by atoms with Gasteiger partial charge in [-0.3, -0.25) is 9.59 Å². The van der Waals surface area contributed by atoms with E-state index >= 15 is 0 Å². The molecule has 9 nitrogen and oxygen atoms in total. The SMILES string of the molecule is CN(C)c1cccc(C(=O)N2CCCC2c2nnc(C(=O)Nc3ccc4c(c3)OCO4)s2)c1. The number of hydrogen-bond donors (Lipinski definition) is 1. The average Bonchev–Trinajstić information content (AvgIpc) is 3.58. The van der Waals surface area contributed by atoms with Crippen LogP contribution in [0.3, 0.4) is 0 Å². The van der Waals surface area contributed by atoms with E-state index in [2.05, 4.69) is 15.5 Å². The summed E-state index contributed by atoms with van der Waals surface area (Å²) in [7, 11) is 3.89. The van der Waals surface area contributed by atoms with Gasteiger partial charge in [0.15, 0.2) is 11.5 Å². The number of likely N-dealkylation sites (tertiary alicyclic amines) is 1. The molecule has 0 aliphatic carbocycles. The molecule has 2 aliphatic rings. The number of fused-ring (bicyclic) bond motifs is 1. The highest BCUT2D eigenvalue weighted by molar-refractivity contribution is 7.13. The van der Waals surface area contributed by atoms with Gasteiger partial charge in [-0.25, -0.2) is 0 Å². The Morgan fingerprint density at radius 2 is 1.97 bits per heavy atom. The molecule has 3 heterocycles. The smallest absolute Gasteiger partial charge is 0.286 e. The van der Waals surface area contributed by atoms with Crippen molar-refractivity contribution >= 4 is 34.5 Å². The van der Waals surface area contributed by atoms with Gasteiger partial charge in [0.1, 0.15) is 5.01 Å². The molecule has 1 unspecified atom stereocenters. The first-order valence-electron chi connectivity index (χ1n) is 10.6. The molecule has 1 saturated heterocycles. The Balaban J connectivity index is 1.31. The van der Waals surface area contributed by atoms with Gasteiger partial charge in [-0.1, -0.05) is 17.4 Å². The molecule has 0 radical (unpaired) electrons. The maximum absolute atomic E-state index is 13.2. The van der Waals surface area contributed by atoms with E-state index in [0.717, 1.165) is 18.5 Å². The number of ether oxygens (including phenoxy) is 2. The standard InChI is InChI=1S/C23H23N5O4S/c1-27(2)16-6-3-5-14(11-16)23(30)28-10-4-7-17(28)21-25-26-22(33-21)20(29)24-15-8-9-18-19(12-15)32-13-31-18/h3,5-6,8-9,11-12,17H,4,7,10,13H2,1-2H3,(H,24,29). The zero-order chi connectivity index (χ0) is 22.9. The van der Waals surface area contributed by atoms with E-state index in [1.165, 1.54) is 11.3 Å². The van der Waals surface area contributed by atoms with Gasteiger partial charge in [-0.05, 0) is 43.2 Å². The Morgan fingerprint density at radius 1 is 1.12 bits per heavy atom. The molecule has 0 bridgehead atoms. The average molecular weight is 466 g/mol. The Morgan fingerprint density at radius 3 is 2.82 bits per heavy atom. The van der Waals surface area contributed by atoms with Crippen molar-refractivity contribution < 1.29 is 19.1 Å². The number of hydrogen-bond acceptors (Lipinski definition) is 8. The van der Waals surface area contributed by atoms with E-state index in [-0.39, 0.29) is 29.7 Å². The summed E-state index contributed by atoms with van der Waals surface area (Å²) < 4.78 is 10.6. The van der Waals surface area contributed by atoms with Crippen molar-refractivity contribution in [3.63, 3.8) is 0 Å². The number of nitrogens with one attached hydrogen (secondary N) is 1. The molecule has 5 rings (SSSR count). The van der Waals surface area contributed by atoms with Gasteiger partial charge in [0, 0.05) is 43.6 Å². The fraction of sp³-hybridized carbons (Fsp3) is 0.304. The van der Waals surface area contributed by atoms with E-state index in [0.29, 0.717) is 34.3 Å². The van der Waals surface area contributed by atoms with Gasteiger partial charge in [0.25, 0.3) is 11.8 Å². The minimum Gasteiger partial charge on any atom is -0.454 e. The van der Waals surface area contributed by atoms with Gasteiger partial charge in [0.2, 0.25) is 11.8 Å². The summed E-state index contributed by atoms with van der Waals surface area (Å²) in [5.74, 6) is 0.840. The van der Waals surface area contributed by atoms with E-state index < -0.39 is 0 Å². The second-order valence-electron chi connectivity index (χ2n) is 8.07. The molecule has 2 aliphatic heterocycles.